The Balaban J connectivity index is 2.89. The van der Waals surface area contributed by atoms with Gasteiger partial charge in [0, 0.05) is 12.5 Å². The van der Waals surface area contributed by atoms with E-state index < -0.39 is 17.9 Å². The van der Waals surface area contributed by atoms with Crippen LogP contribution in [0.15, 0.2) is 18.2 Å². The van der Waals surface area contributed by atoms with Crippen molar-refractivity contribution in [3.63, 3.8) is 0 Å². The summed E-state index contributed by atoms with van der Waals surface area (Å²) in [4.78, 5) is 10.4. The van der Waals surface area contributed by atoms with Gasteiger partial charge in [-0.25, -0.2) is 9.18 Å². The van der Waals surface area contributed by atoms with Crippen LogP contribution >= 0.6 is 0 Å². The summed E-state index contributed by atoms with van der Waals surface area (Å²) >= 11 is 0. The molecule has 0 aromatic heterocycles. The maximum atomic E-state index is 12.8. The van der Waals surface area contributed by atoms with Crippen molar-refractivity contribution in [2.24, 2.45) is 0 Å². The largest absolute Gasteiger partial charge is 0.496 e. The lowest BCUT2D eigenvalue weighted by Crippen LogP contribution is -2.22. The fourth-order valence-corrected chi connectivity index (χ4v) is 1.18. The molecular weight excluding hydrogens is 203 g/mol. The smallest absolute Gasteiger partial charge is 0.332 e. The Bertz CT molecular complexity index is 364. The predicted molar refractivity (Wildman–Crippen MR) is 50.3 cm³/mol. The molecule has 0 radical (unpaired) electrons. The Labute approximate surface area is 85.9 Å². The minimum atomic E-state index is -1.51. The van der Waals surface area contributed by atoms with Gasteiger partial charge in [0.15, 0.2) is 6.10 Å². The molecule has 0 spiro atoms. The molecule has 0 saturated heterocycles. The van der Waals surface area contributed by atoms with Gasteiger partial charge in [-0.1, -0.05) is 6.07 Å². The van der Waals surface area contributed by atoms with Gasteiger partial charge in [0.05, 0.1) is 7.11 Å². The highest BCUT2D eigenvalue weighted by Crippen LogP contribution is 2.20. The normalized spacial score (nSPS) is 12.2. The number of carbonyl (C=O) groups is 1. The van der Waals surface area contributed by atoms with Crippen LogP contribution in [-0.4, -0.2) is 29.4 Å². The number of halogens is 1. The molecule has 0 aliphatic carbocycles. The topological polar surface area (TPSA) is 66.8 Å². The minimum absolute atomic E-state index is 0.112. The van der Waals surface area contributed by atoms with E-state index in [-0.39, 0.29) is 12.2 Å². The second kappa shape index (κ2) is 4.75. The molecule has 1 atom stereocenters. The van der Waals surface area contributed by atoms with Crippen LogP contribution in [0.25, 0.3) is 0 Å². The first-order valence-corrected chi connectivity index (χ1v) is 4.28. The first kappa shape index (κ1) is 11.5. The molecule has 5 heteroatoms. The van der Waals surface area contributed by atoms with Gasteiger partial charge in [-0.15, -0.1) is 0 Å². The number of carboxylic acids is 1. The molecule has 4 nitrogen and oxygen atoms in total. The molecular formula is C10H11FO4. The fraction of sp³-hybridized carbons (Fsp3) is 0.300. The van der Waals surface area contributed by atoms with Crippen molar-refractivity contribution in [1.82, 2.24) is 0 Å². The van der Waals surface area contributed by atoms with Gasteiger partial charge in [-0.2, -0.15) is 0 Å². The van der Waals surface area contributed by atoms with Crippen molar-refractivity contribution in [2.45, 2.75) is 12.5 Å². The molecule has 1 rings (SSSR count). The molecule has 1 aromatic carbocycles. The third kappa shape index (κ3) is 2.92. The molecule has 0 amide bonds. The van der Waals surface area contributed by atoms with E-state index in [0.29, 0.717) is 5.56 Å². The van der Waals surface area contributed by atoms with Gasteiger partial charge < -0.3 is 14.9 Å². The quantitative estimate of drug-likeness (QED) is 0.778. The number of ether oxygens (including phenoxy) is 1. The maximum Gasteiger partial charge on any atom is 0.332 e. The van der Waals surface area contributed by atoms with Crippen LogP contribution < -0.4 is 4.74 Å². The number of aliphatic hydroxyl groups is 1. The van der Waals surface area contributed by atoms with Gasteiger partial charge in [0.1, 0.15) is 11.6 Å². The van der Waals surface area contributed by atoms with E-state index in [1.807, 2.05) is 0 Å². The summed E-state index contributed by atoms with van der Waals surface area (Å²) in [7, 11) is 1.35. The number of rotatable bonds is 4. The van der Waals surface area contributed by atoms with Crippen molar-refractivity contribution in [2.75, 3.05) is 7.11 Å². The summed E-state index contributed by atoms with van der Waals surface area (Å²) in [6, 6.07) is 3.72. The van der Waals surface area contributed by atoms with Crippen molar-refractivity contribution >= 4 is 5.97 Å². The van der Waals surface area contributed by atoms with Crippen LogP contribution in [0.4, 0.5) is 4.39 Å². The third-order valence-electron chi connectivity index (χ3n) is 1.95. The highest BCUT2D eigenvalue weighted by Gasteiger charge is 2.16. The second-order valence-corrected chi connectivity index (χ2v) is 3.01. The molecule has 15 heavy (non-hydrogen) atoms. The second-order valence-electron chi connectivity index (χ2n) is 3.01. The van der Waals surface area contributed by atoms with E-state index in [1.165, 1.54) is 19.2 Å². The highest BCUT2D eigenvalue weighted by molar-refractivity contribution is 5.72. The number of carboxylic acid groups (broad SMARTS) is 1. The summed E-state index contributed by atoms with van der Waals surface area (Å²) in [5.74, 6) is -1.56. The van der Waals surface area contributed by atoms with Crippen molar-refractivity contribution in [3.8, 4) is 5.75 Å². The zero-order chi connectivity index (χ0) is 11.4. The van der Waals surface area contributed by atoms with Crippen LogP contribution in [0.3, 0.4) is 0 Å². The summed E-state index contributed by atoms with van der Waals surface area (Å²) in [5.41, 5.74) is 0.453. The number of aliphatic hydroxyl groups excluding tert-OH is 1. The Morgan fingerprint density at radius 3 is 2.80 bits per heavy atom. The average Bonchev–Trinajstić information content (AvgIpc) is 2.20. The number of benzene rings is 1. The van der Waals surface area contributed by atoms with Gasteiger partial charge in [-0.3, -0.25) is 0 Å². The van der Waals surface area contributed by atoms with E-state index in [4.69, 9.17) is 14.9 Å². The Morgan fingerprint density at radius 1 is 1.60 bits per heavy atom. The lowest BCUT2D eigenvalue weighted by atomic mass is 10.1. The zero-order valence-corrected chi connectivity index (χ0v) is 8.11. The average molecular weight is 214 g/mol. The number of aliphatic carboxylic acids is 1. The molecule has 0 aliphatic heterocycles. The summed E-state index contributed by atoms with van der Waals surface area (Å²) in [6.07, 6.45) is -1.62. The van der Waals surface area contributed by atoms with E-state index in [0.717, 1.165) is 6.07 Å². The standard InChI is InChI=1S/C10H11FO4/c1-15-9-5-7(11)3-2-6(9)4-8(12)10(13)14/h2-3,5,8,12H,4H2,1H3,(H,13,14)/t8-/m1/s1. The molecule has 0 saturated carbocycles. The molecule has 0 fully saturated rings. The van der Waals surface area contributed by atoms with Gasteiger partial charge in [-0.05, 0) is 11.6 Å². The Hall–Kier alpha value is -1.62. The molecule has 1 aromatic rings. The number of methoxy groups -OCH3 is 1. The van der Waals surface area contributed by atoms with Gasteiger partial charge in [0.2, 0.25) is 0 Å². The minimum Gasteiger partial charge on any atom is -0.496 e. The number of hydrogen-bond acceptors (Lipinski definition) is 3. The molecule has 2 N–H and O–H groups in total. The lowest BCUT2D eigenvalue weighted by molar-refractivity contribution is -0.146. The summed E-state index contributed by atoms with van der Waals surface area (Å²) < 4.78 is 17.6. The van der Waals surface area contributed by atoms with Crippen molar-refractivity contribution in [1.29, 1.82) is 0 Å². The summed E-state index contributed by atoms with van der Waals surface area (Å²) in [6.45, 7) is 0. The number of hydrogen-bond donors (Lipinski definition) is 2. The molecule has 0 heterocycles. The Morgan fingerprint density at radius 2 is 2.27 bits per heavy atom. The molecule has 0 unspecified atom stereocenters. The van der Waals surface area contributed by atoms with Crippen LogP contribution in [0, 0.1) is 5.82 Å². The monoisotopic (exact) mass is 214 g/mol. The SMILES string of the molecule is COc1cc(F)ccc1C[C@@H](O)C(=O)O. The Kier molecular flexibility index (Phi) is 3.62. The van der Waals surface area contributed by atoms with Crippen LogP contribution in [0.1, 0.15) is 5.56 Å². The zero-order valence-electron chi connectivity index (χ0n) is 8.11. The first-order valence-electron chi connectivity index (χ1n) is 4.28. The third-order valence-corrected chi connectivity index (χ3v) is 1.95. The maximum absolute atomic E-state index is 12.8. The van der Waals surface area contributed by atoms with Crippen molar-refractivity contribution in [3.05, 3.63) is 29.6 Å². The van der Waals surface area contributed by atoms with E-state index >= 15 is 0 Å². The lowest BCUT2D eigenvalue weighted by Gasteiger charge is -2.10. The van der Waals surface area contributed by atoms with Gasteiger partial charge in [0.25, 0.3) is 0 Å². The van der Waals surface area contributed by atoms with Gasteiger partial charge >= 0.3 is 5.97 Å². The van der Waals surface area contributed by atoms with Crippen LogP contribution in [0.2, 0.25) is 0 Å². The highest BCUT2D eigenvalue weighted by atomic mass is 19.1. The van der Waals surface area contributed by atoms with E-state index in [2.05, 4.69) is 0 Å². The fourth-order valence-electron chi connectivity index (χ4n) is 1.18. The molecule has 82 valence electrons. The van der Waals surface area contributed by atoms with Crippen molar-refractivity contribution < 1.29 is 24.1 Å². The van der Waals surface area contributed by atoms with Crippen LogP contribution in [-0.2, 0) is 11.2 Å². The van der Waals surface area contributed by atoms with Crippen LogP contribution in [0.5, 0.6) is 5.75 Å². The first-order chi connectivity index (χ1) is 7.04. The molecule has 0 aliphatic rings. The van der Waals surface area contributed by atoms with E-state index in [9.17, 15) is 9.18 Å². The predicted octanol–water partition coefficient (Wildman–Crippen LogP) is 0.822. The molecule has 0 bridgehead atoms. The van der Waals surface area contributed by atoms with E-state index in [1.54, 1.807) is 0 Å². The summed E-state index contributed by atoms with van der Waals surface area (Å²) in [5, 5.41) is 17.6.